The fraction of sp³-hybridized carbons (Fsp3) is 0.776. The Morgan fingerprint density at radius 1 is 0.587 bits per heavy atom. The number of allylic oxidation sites excluding steroid dienone is 10. The molecule has 12 unspecified atom stereocenters. The Hall–Kier alpha value is -2.31. The summed E-state index contributed by atoms with van der Waals surface area (Å²) in [4.78, 5) is 13.1. The van der Waals surface area contributed by atoms with E-state index in [1.807, 2.05) is 0 Å². The SMILES string of the molecule is CC/C=C\C/C=C\C/C=C\C/C=C\C/C=C\CCCCCCCC(=O)NC(COC1OC(CO)C(OC2OC(CO)C(O)C(O)C2O)C(O)C1O)C(O)CCCCCCCCCC. The second kappa shape index (κ2) is 35.9. The van der Waals surface area contributed by atoms with Gasteiger partial charge in [0, 0.05) is 6.42 Å². The minimum Gasteiger partial charge on any atom is -0.394 e. The molecule has 2 saturated heterocycles. The van der Waals surface area contributed by atoms with Crippen LogP contribution in [0.3, 0.4) is 0 Å². The number of unbranched alkanes of at least 4 members (excludes halogenated alkanes) is 12. The normalized spacial score (nSPS) is 28.0. The monoisotopic (exact) mass is 896 g/mol. The summed E-state index contributed by atoms with van der Waals surface area (Å²) in [5.41, 5.74) is 0. The molecule has 0 aromatic carbocycles. The van der Waals surface area contributed by atoms with Gasteiger partial charge in [-0.05, 0) is 57.8 Å². The number of aliphatic hydroxyl groups is 8. The van der Waals surface area contributed by atoms with Crippen molar-refractivity contribution < 1.29 is 64.6 Å². The molecule has 0 aliphatic carbocycles. The number of rotatable bonds is 35. The zero-order chi connectivity index (χ0) is 46.1. The smallest absolute Gasteiger partial charge is 0.220 e. The molecule has 1 amide bonds. The lowest BCUT2D eigenvalue weighted by Gasteiger charge is -2.46. The number of hydrogen-bond donors (Lipinski definition) is 9. The van der Waals surface area contributed by atoms with E-state index in [9.17, 15) is 45.6 Å². The van der Waals surface area contributed by atoms with Crippen molar-refractivity contribution in [2.24, 2.45) is 0 Å². The maximum absolute atomic E-state index is 13.1. The van der Waals surface area contributed by atoms with E-state index in [2.05, 4.69) is 79.9 Å². The molecule has 2 aliphatic heterocycles. The van der Waals surface area contributed by atoms with E-state index in [1.165, 1.54) is 25.7 Å². The van der Waals surface area contributed by atoms with Crippen LogP contribution in [0.4, 0.5) is 0 Å². The summed E-state index contributed by atoms with van der Waals surface area (Å²) < 4.78 is 22.6. The fourth-order valence-electron chi connectivity index (χ4n) is 7.55. The molecule has 63 heavy (non-hydrogen) atoms. The Morgan fingerprint density at radius 2 is 1.10 bits per heavy atom. The van der Waals surface area contributed by atoms with Crippen LogP contribution in [-0.2, 0) is 23.7 Å². The van der Waals surface area contributed by atoms with Gasteiger partial charge >= 0.3 is 0 Å². The maximum atomic E-state index is 13.1. The van der Waals surface area contributed by atoms with Crippen LogP contribution in [0.2, 0.25) is 0 Å². The van der Waals surface area contributed by atoms with Gasteiger partial charge in [0.05, 0.1) is 32.0 Å². The van der Waals surface area contributed by atoms with Crippen molar-refractivity contribution in [3.05, 3.63) is 60.8 Å². The van der Waals surface area contributed by atoms with Crippen molar-refractivity contribution >= 4 is 5.91 Å². The van der Waals surface area contributed by atoms with Gasteiger partial charge in [-0.25, -0.2) is 0 Å². The molecule has 2 fully saturated rings. The van der Waals surface area contributed by atoms with Crippen molar-refractivity contribution in [3.63, 3.8) is 0 Å². The average Bonchev–Trinajstić information content (AvgIpc) is 3.28. The third-order valence-corrected chi connectivity index (χ3v) is 11.5. The van der Waals surface area contributed by atoms with Gasteiger partial charge in [-0.15, -0.1) is 0 Å². The molecule has 14 heteroatoms. The summed E-state index contributed by atoms with van der Waals surface area (Å²) in [5.74, 6) is -0.233. The number of aliphatic hydroxyl groups excluding tert-OH is 8. The molecule has 0 saturated carbocycles. The Bertz CT molecular complexity index is 1290. The van der Waals surface area contributed by atoms with Gasteiger partial charge in [-0.1, -0.05) is 145 Å². The van der Waals surface area contributed by atoms with E-state index in [0.29, 0.717) is 12.8 Å². The van der Waals surface area contributed by atoms with E-state index < -0.39 is 86.8 Å². The third kappa shape index (κ3) is 23.6. The summed E-state index contributed by atoms with van der Waals surface area (Å²) >= 11 is 0. The van der Waals surface area contributed by atoms with Crippen molar-refractivity contribution in [2.75, 3.05) is 19.8 Å². The van der Waals surface area contributed by atoms with Gasteiger partial charge in [0.15, 0.2) is 12.6 Å². The zero-order valence-electron chi connectivity index (χ0n) is 38.3. The Kier molecular flexibility index (Phi) is 32.4. The van der Waals surface area contributed by atoms with Gasteiger partial charge in [-0.2, -0.15) is 0 Å². The van der Waals surface area contributed by atoms with Crippen molar-refractivity contribution in [2.45, 2.75) is 222 Å². The first kappa shape index (κ1) is 56.8. The van der Waals surface area contributed by atoms with Crippen LogP contribution >= 0.6 is 0 Å². The van der Waals surface area contributed by atoms with Crippen LogP contribution in [-0.4, -0.2) is 140 Å². The van der Waals surface area contributed by atoms with Crippen molar-refractivity contribution in [3.8, 4) is 0 Å². The largest absolute Gasteiger partial charge is 0.394 e. The highest BCUT2D eigenvalue weighted by Crippen LogP contribution is 2.30. The number of amides is 1. The molecular weight excluding hydrogens is 811 g/mol. The molecular formula is C49H85NO13. The molecule has 12 atom stereocenters. The number of nitrogens with one attached hydrogen (secondary N) is 1. The quantitative estimate of drug-likeness (QED) is 0.0284. The van der Waals surface area contributed by atoms with E-state index in [-0.39, 0.29) is 18.9 Å². The van der Waals surface area contributed by atoms with Gasteiger partial charge in [0.1, 0.15) is 48.8 Å². The molecule has 14 nitrogen and oxygen atoms in total. The van der Waals surface area contributed by atoms with Gasteiger partial charge < -0.3 is 65.1 Å². The molecule has 9 N–H and O–H groups in total. The minimum atomic E-state index is -1.78. The first-order chi connectivity index (χ1) is 30.6. The summed E-state index contributed by atoms with van der Waals surface area (Å²) in [5, 5.41) is 86.5. The maximum Gasteiger partial charge on any atom is 0.220 e. The number of carbonyl (C=O) groups is 1. The third-order valence-electron chi connectivity index (χ3n) is 11.5. The molecule has 0 spiro atoms. The standard InChI is InChI=1S/C49H85NO13/c1-3-5-7-9-11-13-14-15-16-17-18-19-20-21-22-23-24-25-27-29-31-33-41(54)50-37(38(53)32-30-28-26-12-10-8-6-4-2)36-60-48-46(59)44(57)47(40(35-52)62-48)63-49-45(58)43(56)42(55)39(34-51)61-49/h5,7,11,13,15-16,18-19,21-22,37-40,42-49,51-53,55-59H,3-4,6,8-10,12,14,17,20,23-36H2,1-2H3,(H,50,54)/b7-5-,13-11-,16-15-,19-18-,22-21-. The van der Waals surface area contributed by atoms with Gasteiger partial charge in [-0.3, -0.25) is 4.79 Å². The Balaban J connectivity index is 1.80. The van der Waals surface area contributed by atoms with Crippen LogP contribution in [0.15, 0.2) is 60.8 Å². The molecule has 2 heterocycles. The van der Waals surface area contributed by atoms with E-state index in [4.69, 9.17) is 18.9 Å². The predicted molar refractivity (Wildman–Crippen MR) is 244 cm³/mol. The number of ether oxygens (including phenoxy) is 4. The van der Waals surface area contributed by atoms with E-state index in [1.54, 1.807) is 0 Å². The van der Waals surface area contributed by atoms with Gasteiger partial charge in [0.2, 0.25) is 5.91 Å². The summed E-state index contributed by atoms with van der Waals surface area (Å²) in [6.07, 6.45) is 25.3. The Labute approximate surface area is 377 Å². The second-order valence-corrected chi connectivity index (χ2v) is 16.9. The first-order valence-electron chi connectivity index (χ1n) is 24.0. The average molecular weight is 896 g/mol. The highest BCUT2D eigenvalue weighted by Gasteiger charge is 2.51. The van der Waals surface area contributed by atoms with Crippen LogP contribution < -0.4 is 5.32 Å². The first-order valence-corrected chi connectivity index (χ1v) is 24.0. The molecule has 0 radical (unpaired) electrons. The lowest BCUT2D eigenvalue weighted by molar-refractivity contribution is -0.359. The molecule has 0 aromatic rings. The topological polar surface area (TPSA) is 228 Å². The fourth-order valence-corrected chi connectivity index (χ4v) is 7.55. The molecule has 364 valence electrons. The summed E-state index contributed by atoms with van der Waals surface area (Å²) in [7, 11) is 0. The van der Waals surface area contributed by atoms with Crippen molar-refractivity contribution in [1.82, 2.24) is 5.32 Å². The van der Waals surface area contributed by atoms with E-state index in [0.717, 1.165) is 89.9 Å². The lowest BCUT2D eigenvalue weighted by Crippen LogP contribution is -2.65. The minimum absolute atomic E-state index is 0.233. The van der Waals surface area contributed by atoms with Crippen LogP contribution in [0.5, 0.6) is 0 Å². The van der Waals surface area contributed by atoms with Crippen LogP contribution in [0.1, 0.15) is 149 Å². The predicted octanol–water partition coefficient (Wildman–Crippen LogP) is 5.49. The Morgan fingerprint density at radius 3 is 1.68 bits per heavy atom. The number of hydrogen-bond acceptors (Lipinski definition) is 13. The molecule has 0 aromatic heterocycles. The number of carbonyl (C=O) groups excluding carboxylic acids is 1. The zero-order valence-corrected chi connectivity index (χ0v) is 38.3. The second-order valence-electron chi connectivity index (χ2n) is 16.9. The van der Waals surface area contributed by atoms with Crippen LogP contribution in [0, 0.1) is 0 Å². The molecule has 2 rings (SSSR count). The molecule has 2 aliphatic rings. The summed E-state index contributed by atoms with van der Waals surface area (Å²) in [6, 6.07) is -0.839. The highest BCUT2D eigenvalue weighted by atomic mass is 16.7. The molecule has 0 bridgehead atoms. The highest BCUT2D eigenvalue weighted by molar-refractivity contribution is 5.76. The van der Waals surface area contributed by atoms with Gasteiger partial charge in [0.25, 0.3) is 0 Å². The summed E-state index contributed by atoms with van der Waals surface area (Å²) in [6.45, 7) is 2.65. The van der Waals surface area contributed by atoms with Crippen LogP contribution in [0.25, 0.3) is 0 Å². The van der Waals surface area contributed by atoms with Crippen molar-refractivity contribution in [1.29, 1.82) is 0 Å². The lowest BCUT2D eigenvalue weighted by atomic mass is 9.97. The van der Waals surface area contributed by atoms with E-state index >= 15 is 0 Å².